The minimum absolute atomic E-state index is 0.0789. The molecule has 5 heteroatoms. The number of rotatable bonds is 3. The molecule has 0 radical (unpaired) electrons. The second kappa shape index (κ2) is 5.30. The second-order valence-corrected chi connectivity index (χ2v) is 5.90. The van der Waals surface area contributed by atoms with Crippen LogP contribution in [0, 0.1) is 16.3 Å². The van der Waals surface area contributed by atoms with Crippen molar-refractivity contribution in [2.45, 2.75) is 19.9 Å². The topological polar surface area (TPSA) is 24.9 Å². The molecule has 2 rings (SSSR count). The summed E-state index contributed by atoms with van der Waals surface area (Å²) >= 11 is 3.63. The van der Waals surface area contributed by atoms with E-state index in [0.717, 1.165) is 16.4 Å². The molecular formula is C12H12FIN2S. The Balaban J connectivity index is 2.18. The van der Waals surface area contributed by atoms with Gasteiger partial charge in [-0.15, -0.1) is 11.3 Å². The Kier molecular flexibility index (Phi) is 3.98. The lowest BCUT2D eigenvalue weighted by Crippen LogP contribution is -2.08. The zero-order valence-electron chi connectivity index (χ0n) is 9.50. The quantitative estimate of drug-likeness (QED) is 0.821. The monoisotopic (exact) mass is 362 g/mol. The van der Waals surface area contributed by atoms with Gasteiger partial charge in [0.05, 0.1) is 26.0 Å². The SMILES string of the molecule is Cc1nc(C(C)Nc2cccc(F)c2I)cs1. The van der Waals surface area contributed by atoms with Crippen LogP contribution >= 0.6 is 33.9 Å². The summed E-state index contributed by atoms with van der Waals surface area (Å²) < 4.78 is 14.0. The standard InChI is InChI=1S/C12H12FIN2S/c1-7(11-6-17-8(2)16-11)15-10-5-3-4-9(13)12(10)14/h3-7,15H,1-2H3. The van der Waals surface area contributed by atoms with Crippen molar-refractivity contribution in [3.8, 4) is 0 Å². The van der Waals surface area contributed by atoms with Crippen molar-refractivity contribution in [1.82, 2.24) is 4.98 Å². The summed E-state index contributed by atoms with van der Waals surface area (Å²) in [5, 5.41) is 6.35. The van der Waals surface area contributed by atoms with Gasteiger partial charge in [0.2, 0.25) is 0 Å². The van der Waals surface area contributed by atoms with Crippen molar-refractivity contribution in [2.75, 3.05) is 5.32 Å². The molecule has 0 amide bonds. The van der Waals surface area contributed by atoms with Gasteiger partial charge in [0.25, 0.3) is 0 Å². The average Bonchev–Trinajstić information content (AvgIpc) is 2.72. The number of aryl methyl sites for hydroxylation is 1. The van der Waals surface area contributed by atoms with Crippen molar-refractivity contribution < 1.29 is 4.39 Å². The molecule has 0 spiro atoms. The van der Waals surface area contributed by atoms with Gasteiger partial charge in [-0.2, -0.15) is 0 Å². The predicted molar refractivity (Wildman–Crippen MR) is 78.0 cm³/mol. The Morgan fingerprint density at radius 1 is 1.47 bits per heavy atom. The molecule has 0 aliphatic rings. The second-order valence-electron chi connectivity index (χ2n) is 3.76. The molecule has 2 nitrogen and oxygen atoms in total. The fraction of sp³-hybridized carbons (Fsp3) is 0.250. The van der Waals surface area contributed by atoms with E-state index >= 15 is 0 Å². The molecule has 0 aliphatic carbocycles. The van der Waals surface area contributed by atoms with E-state index in [4.69, 9.17) is 0 Å². The first-order chi connectivity index (χ1) is 8.08. The maximum Gasteiger partial charge on any atom is 0.138 e. The summed E-state index contributed by atoms with van der Waals surface area (Å²) in [4.78, 5) is 4.42. The molecule has 2 aromatic rings. The van der Waals surface area contributed by atoms with Gasteiger partial charge >= 0.3 is 0 Å². The zero-order chi connectivity index (χ0) is 12.4. The fourth-order valence-electron chi connectivity index (χ4n) is 1.50. The van der Waals surface area contributed by atoms with Crippen LogP contribution in [0.25, 0.3) is 0 Å². The molecular weight excluding hydrogens is 350 g/mol. The largest absolute Gasteiger partial charge is 0.376 e. The first-order valence-electron chi connectivity index (χ1n) is 5.20. The number of halogens is 2. The highest BCUT2D eigenvalue weighted by molar-refractivity contribution is 14.1. The van der Waals surface area contributed by atoms with E-state index in [2.05, 4.69) is 10.3 Å². The highest BCUT2D eigenvalue weighted by Crippen LogP contribution is 2.26. The Morgan fingerprint density at radius 3 is 2.88 bits per heavy atom. The summed E-state index contributed by atoms with van der Waals surface area (Å²) in [6.45, 7) is 4.00. The molecule has 0 aliphatic heterocycles. The van der Waals surface area contributed by atoms with Gasteiger partial charge in [-0.25, -0.2) is 9.37 Å². The maximum atomic E-state index is 13.4. The number of benzene rings is 1. The van der Waals surface area contributed by atoms with Gasteiger partial charge in [-0.05, 0) is 48.6 Å². The van der Waals surface area contributed by atoms with E-state index in [1.54, 1.807) is 17.4 Å². The number of hydrogen-bond donors (Lipinski definition) is 1. The van der Waals surface area contributed by atoms with Crippen molar-refractivity contribution >= 4 is 39.6 Å². The molecule has 90 valence electrons. The summed E-state index contributed by atoms with van der Waals surface area (Å²) in [6, 6.07) is 5.12. The summed E-state index contributed by atoms with van der Waals surface area (Å²) in [5.41, 5.74) is 1.80. The first-order valence-corrected chi connectivity index (χ1v) is 7.16. The van der Waals surface area contributed by atoms with Gasteiger partial charge in [-0.3, -0.25) is 0 Å². The van der Waals surface area contributed by atoms with E-state index in [0.29, 0.717) is 3.57 Å². The molecule has 0 fully saturated rings. The molecule has 0 saturated heterocycles. The molecule has 1 unspecified atom stereocenters. The number of nitrogens with zero attached hydrogens (tertiary/aromatic N) is 1. The number of nitrogens with one attached hydrogen (secondary N) is 1. The molecule has 17 heavy (non-hydrogen) atoms. The lowest BCUT2D eigenvalue weighted by atomic mass is 10.2. The molecule has 1 aromatic heterocycles. The molecule has 1 aromatic carbocycles. The van der Waals surface area contributed by atoms with Gasteiger partial charge in [0.1, 0.15) is 5.82 Å². The highest BCUT2D eigenvalue weighted by Gasteiger charge is 2.11. The van der Waals surface area contributed by atoms with Crippen molar-refractivity contribution in [2.24, 2.45) is 0 Å². The van der Waals surface area contributed by atoms with Crippen LogP contribution in [0.2, 0.25) is 0 Å². The minimum atomic E-state index is -0.197. The maximum absolute atomic E-state index is 13.4. The van der Waals surface area contributed by atoms with Gasteiger partial charge in [-0.1, -0.05) is 6.07 Å². The number of thiazole rings is 1. The molecule has 1 atom stereocenters. The van der Waals surface area contributed by atoms with Crippen LogP contribution in [0.3, 0.4) is 0 Å². The van der Waals surface area contributed by atoms with Gasteiger partial charge in [0, 0.05) is 5.38 Å². The molecule has 0 saturated carbocycles. The normalized spacial score (nSPS) is 12.5. The number of anilines is 1. The fourth-order valence-corrected chi connectivity index (χ4v) is 2.72. The summed E-state index contributed by atoms with van der Waals surface area (Å²) in [5.74, 6) is -0.197. The Hall–Kier alpha value is -0.690. The summed E-state index contributed by atoms with van der Waals surface area (Å²) in [6.07, 6.45) is 0. The number of aromatic nitrogens is 1. The Morgan fingerprint density at radius 2 is 2.24 bits per heavy atom. The van der Waals surface area contributed by atoms with Crippen LogP contribution in [0.5, 0.6) is 0 Å². The molecule has 1 N–H and O–H groups in total. The zero-order valence-corrected chi connectivity index (χ0v) is 12.5. The average molecular weight is 362 g/mol. The Labute approximate surface area is 117 Å². The van der Waals surface area contributed by atoms with E-state index in [1.807, 2.05) is 47.9 Å². The summed E-state index contributed by atoms with van der Waals surface area (Å²) in [7, 11) is 0. The highest BCUT2D eigenvalue weighted by atomic mass is 127. The van der Waals surface area contributed by atoms with Gasteiger partial charge < -0.3 is 5.32 Å². The smallest absolute Gasteiger partial charge is 0.138 e. The van der Waals surface area contributed by atoms with Crippen LogP contribution in [-0.2, 0) is 0 Å². The van der Waals surface area contributed by atoms with Crippen LogP contribution in [0.15, 0.2) is 23.6 Å². The van der Waals surface area contributed by atoms with Crippen LogP contribution < -0.4 is 5.32 Å². The predicted octanol–water partition coefficient (Wildman–Crippen LogP) is 4.37. The van der Waals surface area contributed by atoms with E-state index in [-0.39, 0.29) is 11.9 Å². The number of hydrogen-bond acceptors (Lipinski definition) is 3. The van der Waals surface area contributed by atoms with E-state index in [1.165, 1.54) is 6.07 Å². The minimum Gasteiger partial charge on any atom is -0.376 e. The molecule has 0 bridgehead atoms. The lowest BCUT2D eigenvalue weighted by Gasteiger charge is -2.14. The van der Waals surface area contributed by atoms with E-state index in [9.17, 15) is 4.39 Å². The van der Waals surface area contributed by atoms with Crippen molar-refractivity contribution in [3.05, 3.63) is 43.7 Å². The van der Waals surface area contributed by atoms with E-state index < -0.39 is 0 Å². The van der Waals surface area contributed by atoms with Crippen LogP contribution in [-0.4, -0.2) is 4.98 Å². The Bertz CT molecular complexity index is 527. The third-order valence-electron chi connectivity index (χ3n) is 2.40. The van der Waals surface area contributed by atoms with Crippen molar-refractivity contribution in [1.29, 1.82) is 0 Å². The third kappa shape index (κ3) is 2.95. The van der Waals surface area contributed by atoms with Crippen LogP contribution in [0.4, 0.5) is 10.1 Å². The first kappa shape index (κ1) is 12.8. The van der Waals surface area contributed by atoms with Crippen LogP contribution in [0.1, 0.15) is 23.7 Å². The lowest BCUT2D eigenvalue weighted by molar-refractivity contribution is 0.620. The third-order valence-corrected chi connectivity index (χ3v) is 4.29. The molecule has 1 heterocycles. The van der Waals surface area contributed by atoms with Crippen molar-refractivity contribution in [3.63, 3.8) is 0 Å². The van der Waals surface area contributed by atoms with Gasteiger partial charge in [0.15, 0.2) is 0 Å².